The average Bonchev–Trinajstić information content (AvgIpc) is 2.80. The van der Waals surface area contributed by atoms with E-state index in [2.05, 4.69) is 10.6 Å². The van der Waals surface area contributed by atoms with E-state index < -0.39 is 0 Å². The summed E-state index contributed by atoms with van der Waals surface area (Å²) in [5.74, 6) is 0.474. The van der Waals surface area contributed by atoms with Gasteiger partial charge in [0.2, 0.25) is 5.91 Å². The summed E-state index contributed by atoms with van der Waals surface area (Å²) in [6.45, 7) is 5.13. The molecule has 6 nitrogen and oxygen atoms in total. The van der Waals surface area contributed by atoms with Gasteiger partial charge in [0.25, 0.3) is 5.91 Å². The van der Waals surface area contributed by atoms with Crippen LogP contribution in [-0.2, 0) is 4.79 Å². The Morgan fingerprint density at radius 3 is 2.29 bits per heavy atom. The fourth-order valence-electron chi connectivity index (χ4n) is 3.16. The summed E-state index contributed by atoms with van der Waals surface area (Å²) in [6.07, 6.45) is 0. The Morgan fingerprint density at radius 2 is 1.61 bits per heavy atom. The maximum atomic E-state index is 13.0. The molecule has 0 aliphatic carbocycles. The van der Waals surface area contributed by atoms with Crippen molar-refractivity contribution in [3.05, 3.63) is 84.4 Å². The van der Waals surface area contributed by atoms with E-state index in [-0.39, 0.29) is 18.4 Å². The minimum atomic E-state index is -0.200. The molecule has 0 unspecified atom stereocenters. The van der Waals surface area contributed by atoms with Crippen molar-refractivity contribution in [1.29, 1.82) is 0 Å². The van der Waals surface area contributed by atoms with E-state index in [0.717, 1.165) is 17.1 Å². The van der Waals surface area contributed by atoms with Crippen LogP contribution in [0.25, 0.3) is 0 Å². The van der Waals surface area contributed by atoms with Gasteiger partial charge < -0.3 is 20.3 Å². The van der Waals surface area contributed by atoms with Crippen LogP contribution in [0.5, 0.6) is 5.75 Å². The molecule has 0 atom stereocenters. The molecule has 0 fully saturated rings. The number of rotatable bonds is 9. The highest BCUT2D eigenvalue weighted by Gasteiger charge is 2.16. The monoisotopic (exact) mass is 417 g/mol. The first-order valence-electron chi connectivity index (χ1n) is 10.3. The first-order valence-corrected chi connectivity index (χ1v) is 10.3. The third-order valence-electron chi connectivity index (χ3n) is 4.64. The zero-order valence-corrected chi connectivity index (χ0v) is 17.8. The van der Waals surface area contributed by atoms with Crippen molar-refractivity contribution < 1.29 is 14.3 Å². The normalized spacial score (nSPS) is 10.3. The van der Waals surface area contributed by atoms with Crippen molar-refractivity contribution in [2.45, 2.75) is 13.8 Å². The fourth-order valence-corrected chi connectivity index (χ4v) is 3.16. The molecule has 0 radical (unpaired) electrons. The Labute approximate surface area is 182 Å². The molecule has 0 bridgehead atoms. The van der Waals surface area contributed by atoms with Gasteiger partial charge in [0.1, 0.15) is 5.75 Å². The van der Waals surface area contributed by atoms with Gasteiger partial charge in [0, 0.05) is 29.2 Å². The molecule has 0 aromatic heterocycles. The van der Waals surface area contributed by atoms with E-state index in [9.17, 15) is 9.59 Å². The predicted octanol–water partition coefficient (Wildman–Crippen LogP) is 4.80. The highest BCUT2D eigenvalue weighted by Crippen LogP contribution is 2.19. The zero-order valence-electron chi connectivity index (χ0n) is 17.8. The average molecular weight is 418 g/mol. The van der Waals surface area contributed by atoms with E-state index in [0.29, 0.717) is 24.4 Å². The van der Waals surface area contributed by atoms with Crippen molar-refractivity contribution in [1.82, 2.24) is 0 Å². The third-order valence-corrected chi connectivity index (χ3v) is 4.64. The number of ether oxygens (including phenoxy) is 1. The molecule has 0 saturated heterocycles. The smallest absolute Gasteiger partial charge is 0.258 e. The molecule has 2 N–H and O–H groups in total. The van der Waals surface area contributed by atoms with Crippen molar-refractivity contribution >= 4 is 28.9 Å². The van der Waals surface area contributed by atoms with E-state index in [4.69, 9.17) is 4.74 Å². The number of hydrogen-bond acceptors (Lipinski definition) is 4. The molecule has 0 aliphatic heterocycles. The van der Waals surface area contributed by atoms with E-state index >= 15 is 0 Å². The Kier molecular flexibility index (Phi) is 7.65. The number of amides is 2. The molecule has 160 valence electrons. The van der Waals surface area contributed by atoms with Gasteiger partial charge >= 0.3 is 0 Å². The quantitative estimate of drug-likeness (QED) is 0.525. The molecule has 0 aliphatic rings. The summed E-state index contributed by atoms with van der Waals surface area (Å²) >= 11 is 0. The van der Waals surface area contributed by atoms with Crippen LogP contribution in [-0.4, -0.2) is 31.5 Å². The lowest BCUT2D eigenvalue weighted by Crippen LogP contribution is -2.30. The Morgan fingerprint density at radius 1 is 0.871 bits per heavy atom. The molecule has 2 amide bonds. The number of carbonyl (C=O) groups is 2. The minimum absolute atomic E-state index is 0.108. The van der Waals surface area contributed by atoms with Crippen molar-refractivity contribution in [2.75, 3.05) is 35.2 Å². The van der Waals surface area contributed by atoms with Gasteiger partial charge in [-0.1, -0.05) is 24.3 Å². The lowest BCUT2D eigenvalue weighted by atomic mass is 10.1. The highest BCUT2D eigenvalue weighted by molar-refractivity contribution is 6.07. The summed E-state index contributed by atoms with van der Waals surface area (Å²) in [5, 5.41) is 5.92. The number of anilines is 3. The van der Waals surface area contributed by atoms with Crippen LogP contribution in [0.3, 0.4) is 0 Å². The SMILES string of the molecule is CCOc1ccc(NCC(=O)Nc2cccc(C(=O)N(CC)c3ccccc3)c2)cc1. The van der Waals surface area contributed by atoms with Crippen molar-refractivity contribution in [2.24, 2.45) is 0 Å². The molecule has 3 aromatic carbocycles. The Balaban J connectivity index is 1.60. The number of nitrogens with one attached hydrogen (secondary N) is 2. The van der Waals surface area contributed by atoms with Gasteiger partial charge in [-0.25, -0.2) is 0 Å². The third kappa shape index (κ3) is 6.09. The first-order chi connectivity index (χ1) is 15.1. The summed E-state index contributed by atoms with van der Waals surface area (Å²) in [5.41, 5.74) is 2.75. The van der Waals surface area contributed by atoms with Gasteiger partial charge in [-0.05, 0) is 68.4 Å². The molecule has 0 saturated carbocycles. The summed E-state index contributed by atoms with van der Waals surface area (Å²) in [4.78, 5) is 27.0. The number of nitrogens with zero attached hydrogens (tertiary/aromatic N) is 1. The summed E-state index contributed by atoms with van der Waals surface area (Å²) < 4.78 is 5.41. The molecule has 0 spiro atoms. The number of benzene rings is 3. The molecule has 31 heavy (non-hydrogen) atoms. The Hall–Kier alpha value is -3.80. The highest BCUT2D eigenvalue weighted by atomic mass is 16.5. The molecule has 3 aromatic rings. The van der Waals surface area contributed by atoms with Crippen molar-refractivity contribution in [3.8, 4) is 5.75 Å². The lowest BCUT2D eigenvalue weighted by Gasteiger charge is -2.21. The van der Waals surface area contributed by atoms with Gasteiger partial charge in [0.05, 0.1) is 13.2 Å². The minimum Gasteiger partial charge on any atom is -0.494 e. The van der Waals surface area contributed by atoms with E-state index in [1.165, 1.54) is 0 Å². The summed E-state index contributed by atoms with van der Waals surface area (Å²) in [7, 11) is 0. The zero-order chi connectivity index (χ0) is 22.1. The fraction of sp³-hybridized carbons (Fsp3) is 0.200. The van der Waals surface area contributed by atoms with E-state index in [1.807, 2.05) is 68.4 Å². The summed E-state index contributed by atoms with van der Waals surface area (Å²) in [6, 6.07) is 23.9. The number of hydrogen-bond donors (Lipinski definition) is 2. The second kappa shape index (κ2) is 10.8. The molecule has 0 heterocycles. The number of para-hydroxylation sites is 1. The van der Waals surface area contributed by atoms with Gasteiger partial charge in [-0.3, -0.25) is 9.59 Å². The van der Waals surface area contributed by atoms with Crippen LogP contribution in [0, 0.1) is 0 Å². The van der Waals surface area contributed by atoms with Gasteiger partial charge in [-0.15, -0.1) is 0 Å². The maximum absolute atomic E-state index is 13.0. The van der Waals surface area contributed by atoms with Crippen LogP contribution in [0.4, 0.5) is 17.1 Å². The van der Waals surface area contributed by atoms with E-state index in [1.54, 1.807) is 29.2 Å². The van der Waals surface area contributed by atoms with Crippen LogP contribution in [0.15, 0.2) is 78.9 Å². The molecule has 3 rings (SSSR count). The molecular formula is C25H27N3O3. The second-order valence-electron chi connectivity index (χ2n) is 6.82. The van der Waals surface area contributed by atoms with Crippen LogP contribution in [0.2, 0.25) is 0 Å². The first kappa shape index (κ1) is 21.9. The predicted molar refractivity (Wildman–Crippen MR) is 125 cm³/mol. The van der Waals surface area contributed by atoms with Crippen molar-refractivity contribution in [3.63, 3.8) is 0 Å². The van der Waals surface area contributed by atoms with Gasteiger partial charge in [-0.2, -0.15) is 0 Å². The Bertz CT molecular complexity index is 1000. The second-order valence-corrected chi connectivity index (χ2v) is 6.82. The van der Waals surface area contributed by atoms with Crippen LogP contribution >= 0.6 is 0 Å². The van der Waals surface area contributed by atoms with Crippen LogP contribution < -0.4 is 20.3 Å². The topological polar surface area (TPSA) is 70.7 Å². The largest absolute Gasteiger partial charge is 0.494 e. The maximum Gasteiger partial charge on any atom is 0.258 e. The lowest BCUT2D eigenvalue weighted by molar-refractivity contribution is -0.114. The van der Waals surface area contributed by atoms with Crippen LogP contribution in [0.1, 0.15) is 24.2 Å². The number of carbonyl (C=O) groups excluding carboxylic acids is 2. The molecular weight excluding hydrogens is 390 g/mol. The molecule has 6 heteroatoms. The van der Waals surface area contributed by atoms with Gasteiger partial charge in [0.15, 0.2) is 0 Å². The standard InChI is InChI=1S/C25H27N3O3/c1-3-28(22-11-6-5-7-12-22)25(30)19-9-8-10-21(17-19)27-24(29)18-26-20-13-15-23(16-14-20)31-4-2/h5-17,26H,3-4,18H2,1-2H3,(H,27,29).